The second-order valence-electron chi connectivity index (χ2n) is 4.00. The molecule has 0 saturated heterocycles. The molecule has 1 aromatic carbocycles. The van der Waals surface area contributed by atoms with Crippen LogP contribution in [-0.4, -0.2) is 5.11 Å². The van der Waals surface area contributed by atoms with Gasteiger partial charge in [0.25, 0.3) is 0 Å². The number of aryl methyl sites for hydroxylation is 1. The number of aromatic hydroxyl groups is 1. The van der Waals surface area contributed by atoms with E-state index in [1.165, 1.54) is 23.1 Å². The number of allylic oxidation sites excluding steroid dienone is 1. The smallest absolute Gasteiger partial charge is 0.122 e. The molecule has 1 heteroatoms. The van der Waals surface area contributed by atoms with Crippen molar-refractivity contribution >= 4 is 0 Å². The molecule has 0 unspecified atom stereocenters. The standard InChI is InChI=1S/C13H16O/c1-3-5-10-8-9(2)11-6-4-7-12(11)13(10)14/h3,8,14H,1,4-7H2,2H3. The Bertz CT molecular complexity index is 377. The van der Waals surface area contributed by atoms with E-state index in [1.807, 2.05) is 6.08 Å². The number of benzene rings is 1. The van der Waals surface area contributed by atoms with Gasteiger partial charge in [0.2, 0.25) is 0 Å². The van der Waals surface area contributed by atoms with Gasteiger partial charge in [0.05, 0.1) is 0 Å². The van der Waals surface area contributed by atoms with Crippen molar-refractivity contribution in [2.75, 3.05) is 0 Å². The molecule has 74 valence electrons. The monoisotopic (exact) mass is 188 g/mol. The molecule has 0 atom stereocenters. The SMILES string of the molecule is C=CCc1cc(C)c2c(c1O)CCC2. The zero-order chi connectivity index (χ0) is 10.1. The Morgan fingerprint density at radius 1 is 1.43 bits per heavy atom. The van der Waals surface area contributed by atoms with Crippen molar-refractivity contribution in [1.29, 1.82) is 0 Å². The van der Waals surface area contributed by atoms with Crippen molar-refractivity contribution in [3.63, 3.8) is 0 Å². The third kappa shape index (κ3) is 1.33. The van der Waals surface area contributed by atoms with E-state index in [2.05, 4.69) is 19.6 Å². The topological polar surface area (TPSA) is 20.2 Å². The van der Waals surface area contributed by atoms with Gasteiger partial charge in [0, 0.05) is 0 Å². The summed E-state index contributed by atoms with van der Waals surface area (Å²) in [4.78, 5) is 0. The van der Waals surface area contributed by atoms with Crippen LogP contribution in [0.2, 0.25) is 0 Å². The molecule has 0 heterocycles. The second kappa shape index (κ2) is 3.49. The molecule has 0 radical (unpaired) electrons. The Kier molecular flexibility index (Phi) is 2.32. The van der Waals surface area contributed by atoms with Crippen molar-refractivity contribution in [1.82, 2.24) is 0 Å². The van der Waals surface area contributed by atoms with Gasteiger partial charge in [-0.1, -0.05) is 12.1 Å². The van der Waals surface area contributed by atoms with Crippen LogP contribution in [-0.2, 0) is 19.3 Å². The van der Waals surface area contributed by atoms with Crippen LogP contribution in [0.5, 0.6) is 5.75 Å². The highest BCUT2D eigenvalue weighted by atomic mass is 16.3. The number of hydrogen-bond acceptors (Lipinski definition) is 1. The van der Waals surface area contributed by atoms with Gasteiger partial charge in [-0.2, -0.15) is 0 Å². The van der Waals surface area contributed by atoms with Crippen LogP contribution in [0.1, 0.15) is 28.7 Å². The fourth-order valence-electron chi connectivity index (χ4n) is 2.36. The van der Waals surface area contributed by atoms with Crippen LogP contribution in [0.15, 0.2) is 18.7 Å². The van der Waals surface area contributed by atoms with E-state index < -0.39 is 0 Å². The molecule has 0 spiro atoms. The highest BCUT2D eigenvalue weighted by Crippen LogP contribution is 2.35. The molecular formula is C13H16O. The van der Waals surface area contributed by atoms with Crippen LogP contribution >= 0.6 is 0 Å². The highest BCUT2D eigenvalue weighted by Gasteiger charge is 2.19. The molecule has 0 amide bonds. The van der Waals surface area contributed by atoms with Crippen LogP contribution in [0.25, 0.3) is 0 Å². The maximum Gasteiger partial charge on any atom is 0.122 e. The Morgan fingerprint density at radius 2 is 2.14 bits per heavy atom. The first-order chi connectivity index (χ1) is 6.74. The van der Waals surface area contributed by atoms with Crippen molar-refractivity contribution < 1.29 is 5.11 Å². The van der Waals surface area contributed by atoms with Crippen LogP contribution in [0.3, 0.4) is 0 Å². The lowest BCUT2D eigenvalue weighted by atomic mass is 9.97. The molecule has 0 saturated carbocycles. The van der Waals surface area contributed by atoms with Gasteiger partial charge in [0.15, 0.2) is 0 Å². The van der Waals surface area contributed by atoms with Gasteiger partial charge < -0.3 is 5.11 Å². The maximum absolute atomic E-state index is 10.0. The lowest BCUT2D eigenvalue weighted by Crippen LogP contribution is -1.93. The van der Waals surface area contributed by atoms with Crippen molar-refractivity contribution in [2.45, 2.75) is 32.6 Å². The molecule has 1 aliphatic rings. The minimum Gasteiger partial charge on any atom is -0.507 e. The summed E-state index contributed by atoms with van der Waals surface area (Å²) in [6.07, 6.45) is 5.95. The number of phenols is 1. The Hall–Kier alpha value is -1.24. The number of fused-ring (bicyclic) bond motifs is 1. The Balaban J connectivity index is 2.55. The molecule has 1 aromatic rings. The number of phenolic OH excluding ortho intramolecular Hbond substituents is 1. The fourth-order valence-corrected chi connectivity index (χ4v) is 2.36. The normalized spacial score (nSPS) is 14.1. The van der Waals surface area contributed by atoms with E-state index in [4.69, 9.17) is 0 Å². The van der Waals surface area contributed by atoms with Gasteiger partial charge >= 0.3 is 0 Å². The van der Waals surface area contributed by atoms with Crippen molar-refractivity contribution in [3.8, 4) is 5.75 Å². The molecule has 2 rings (SSSR count). The molecule has 0 bridgehead atoms. The van der Waals surface area contributed by atoms with E-state index >= 15 is 0 Å². The average molecular weight is 188 g/mol. The van der Waals surface area contributed by atoms with E-state index in [-0.39, 0.29) is 0 Å². The largest absolute Gasteiger partial charge is 0.507 e. The lowest BCUT2D eigenvalue weighted by Gasteiger charge is -2.10. The molecule has 0 fully saturated rings. The van der Waals surface area contributed by atoms with Crippen molar-refractivity contribution in [2.24, 2.45) is 0 Å². The number of hydrogen-bond donors (Lipinski definition) is 1. The third-order valence-corrected chi connectivity index (χ3v) is 3.04. The molecule has 1 N–H and O–H groups in total. The van der Waals surface area contributed by atoms with Gasteiger partial charge in [-0.3, -0.25) is 0 Å². The maximum atomic E-state index is 10.0. The second-order valence-corrected chi connectivity index (χ2v) is 4.00. The minimum absolute atomic E-state index is 0.517. The summed E-state index contributed by atoms with van der Waals surface area (Å²) in [5, 5.41) is 10.0. The van der Waals surface area contributed by atoms with Gasteiger partial charge in [-0.15, -0.1) is 6.58 Å². The summed E-state index contributed by atoms with van der Waals surface area (Å²) < 4.78 is 0. The average Bonchev–Trinajstić information content (AvgIpc) is 2.63. The number of rotatable bonds is 2. The molecule has 14 heavy (non-hydrogen) atoms. The van der Waals surface area contributed by atoms with E-state index in [0.717, 1.165) is 24.8 Å². The van der Waals surface area contributed by atoms with Crippen LogP contribution < -0.4 is 0 Å². The van der Waals surface area contributed by atoms with Gasteiger partial charge in [-0.05, 0) is 54.9 Å². The summed E-state index contributed by atoms with van der Waals surface area (Å²) in [5.41, 5.74) is 4.91. The summed E-state index contributed by atoms with van der Waals surface area (Å²) in [6, 6.07) is 2.10. The first-order valence-corrected chi connectivity index (χ1v) is 5.18. The zero-order valence-corrected chi connectivity index (χ0v) is 8.64. The summed E-state index contributed by atoms with van der Waals surface area (Å²) in [5.74, 6) is 0.517. The van der Waals surface area contributed by atoms with Crippen LogP contribution in [0, 0.1) is 6.92 Å². The van der Waals surface area contributed by atoms with Crippen molar-refractivity contribution in [3.05, 3.63) is 41.0 Å². The Morgan fingerprint density at radius 3 is 2.86 bits per heavy atom. The van der Waals surface area contributed by atoms with Gasteiger partial charge in [-0.25, -0.2) is 0 Å². The fraction of sp³-hybridized carbons (Fsp3) is 0.385. The lowest BCUT2D eigenvalue weighted by molar-refractivity contribution is 0.463. The molecule has 1 nitrogen and oxygen atoms in total. The first kappa shape index (κ1) is 9.32. The summed E-state index contributed by atoms with van der Waals surface area (Å²) in [6.45, 7) is 5.84. The first-order valence-electron chi connectivity index (χ1n) is 5.18. The predicted octanol–water partition coefficient (Wildman–Crippen LogP) is 2.92. The predicted molar refractivity (Wildman–Crippen MR) is 58.8 cm³/mol. The minimum atomic E-state index is 0.517. The summed E-state index contributed by atoms with van der Waals surface area (Å²) >= 11 is 0. The van der Waals surface area contributed by atoms with Gasteiger partial charge in [0.1, 0.15) is 5.75 Å². The van der Waals surface area contributed by atoms with E-state index in [1.54, 1.807) is 0 Å². The van der Waals surface area contributed by atoms with E-state index in [9.17, 15) is 5.11 Å². The quantitative estimate of drug-likeness (QED) is 0.707. The molecule has 0 aliphatic heterocycles. The van der Waals surface area contributed by atoms with E-state index in [0.29, 0.717) is 5.75 Å². The molecule has 1 aliphatic carbocycles. The third-order valence-electron chi connectivity index (χ3n) is 3.04. The zero-order valence-electron chi connectivity index (χ0n) is 8.64. The molecule has 0 aromatic heterocycles. The van der Waals surface area contributed by atoms with Crippen LogP contribution in [0.4, 0.5) is 0 Å². The highest BCUT2D eigenvalue weighted by molar-refractivity contribution is 5.52. The summed E-state index contributed by atoms with van der Waals surface area (Å²) in [7, 11) is 0. The Labute approximate surface area is 85.1 Å². The molecular weight excluding hydrogens is 172 g/mol.